The molecule has 0 aromatic heterocycles. The molecule has 0 radical (unpaired) electrons. The van der Waals surface area contributed by atoms with Gasteiger partial charge in [0.05, 0.1) is 0 Å². The molecular formula is C12H21NO2. The number of rotatable bonds is 4. The van der Waals surface area contributed by atoms with E-state index in [1.807, 2.05) is 0 Å². The lowest BCUT2D eigenvalue weighted by molar-refractivity contribution is -0.132. The minimum atomic E-state index is -0.830. The molecule has 1 saturated carbocycles. The van der Waals surface area contributed by atoms with Gasteiger partial charge in [-0.15, -0.1) is 0 Å². The molecule has 1 unspecified atom stereocenters. The Morgan fingerprint density at radius 1 is 1.60 bits per heavy atom. The fourth-order valence-electron chi connectivity index (χ4n) is 2.08. The van der Waals surface area contributed by atoms with Crippen LogP contribution in [0.1, 0.15) is 40.0 Å². The lowest BCUT2D eigenvalue weighted by Gasteiger charge is -2.17. The minimum absolute atomic E-state index is 0.416. The molecule has 1 rings (SSSR count). The summed E-state index contributed by atoms with van der Waals surface area (Å²) in [6, 6.07) is 0.554. The van der Waals surface area contributed by atoms with Crippen molar-refractivity contribution in [2.24, 2.45) is 5.41 Å². The van der Waals surface area contributed by atoms with Crippen LogP contribution in [0.2, 0.25) is 0 Å². The SMILES string of the molecule is CC(=CCNC1CCC(C)(C)C1)C(=O)O. The number of hydrogen-bond donors (Lipinski definition) is 2. The molecule has 0 bridgehead atoms. The lowest BCUT2D eigenvalue weighted by Crippen LogP contribution is -2.27. The maximum Gasteiger partial charge on any atom is 0.330 e. The van der Waals surface area contributed by atoms with Crippen LogP contribution < -0.4 is 5.32 Å². The van der Waals surface area contributed by atoms with Crippen molar-refractivity contribution in [3.8, 4) is 0 Å². The van der Waals surface area contributed by atoms with Gasteiger partial charge in [-0.05, 0) is 31.6 Å². The molecule has 0 saturated heterocycles. The Kier molecular flexibility index (Phi) is 3.91. The van der Waals surface area contributed by atoms with Crippen molar-refractivity contribution in [2.75, 3.05) is 6.54 Å². The van der Waals surface area contributed by atoms with Crippen molar-refractivity contribution in [2.45, 2.75) is 46.1 Å². The summed E-state index contributed by atoms with van der Waals surface area (Å²) >= 11 is 0. The Hall–Kier alpha value is -0.830. The highest BCUT2D eigenvalue weighted by atomic mass is 16.4. The van der Waals surface area contributed by atoms with Gasteiger partial charge in [0.1, 0.15) is 0 Å². The van der Waals surface area contributed by atoms with Crippen LogP contribution in [-0.4, -0.2) is 23.7 Å². The Bertz CT molecular complexity index is 269. The second kappa shape index (κ2) is 4.79. The first kappa shape index (κ1) is 12.2. The zero-order valence-electron chi connectivity index (χ0n) is 9.84. The third-order valence-corrected chi connectivity index (χ3v) is 3.12. The highest BCUT2D eigenvalue weighted by molar-refractivity contribution is 5.85. The van der Waals surface area contributed by atoms with Crippen LogP contribution in [0.15, 0.2) is 11.6 Å². The van der Waals surface area contributed by atoms with Gasteiger partial charge in [0.25, 0.3) is 0 Å². The van der Waals surface area contributed by atoms with Gasteiger partial charge in [-0.1, -0.05) is 19.9 Å². The van der Waals surface area contributed by atoms with Crippen molar-refractivity contribution in [1.29, 1.82) is 0 Å². The predicted octanol–water partition coefficient (Wildman–Crippen LogP) is 2.19. The first-order valence-electron chi connectivity index (χ1n) is 5.54. The smallest absolute Gasteiger partial charge is 0.330 e. The van der Waals surface area contributed by atoms with E-state index < -0.39 is 5.97 Å². The van der Waals surface area contributed by atoms with Gasteiger partial charge in [0.2, 0.25) is 0 Å². The zero-order chi connectivity index (χ0) is 11.5. The first-order chi connectivity index (χ1) is 6.91. The number of carboxylic acids is 1. The van der Waals surface area contributed by atoms with Crippen LogP contribution >= 0.6 is 0 Å². The van der Waals surface area contributed by atoms with E-state index in [0.717, 1.165) is 0 Å². The highest BCUT2D eigenvalue weighted by Crippen LogP contribution is 2.36. The molecule has 3 heteroatoms. The minimum Gasteiger partial charge on any atom is -0.478 e. The fourth-order valence-corrected chi connectivity index (χ4v) is 2.08. The van der Waals surface area contributed by atoms with Gasteiger partial charge in [-0.3, -0.25) is 0 Å². The number of carboxylic acid groups (broad SMARTS) is 1. The molecule has 1 fully saturated rings. The number of carbonyl (C=O) groups is 1. The van der Waals surface area contributed by atoms with E-state index in [4.69, 9.17) is 5.11 Å². The van der Waals surface area contributed by atoms with Crippen molar-refractivity contribution in [1.82, 2.24) is 5.32 Å². The third kappa shape index (κ3) is 4.04. The molecule has 15 heavy (non-hydrogen) atoms. The predicted molar refractivity (Wildman–Crippen MR) is 60.8 cm³/mol. The van der Waals surface area contributed by atoms with Gasteiger partial charge < -0.3 is 10.4 Å². The zero-order valence-corrected chi connectivity index (χ0v) is 9.84. The molecule has 0 heterocycles. The number of aliphatic carboxylic acids is 1. The van der Waals surface area contributed by atoms with Crippen molar-refractivity contribution in [3.05, 3.63) is 11.6 Å². The van der Waals surface area contributed by atoms with Crippen molar-refractivity contribution in [3.63, 3.8) is 0 Å². The largest absolute Gasteiger partial charge is 0.478 e. The van der Waals surface area contributed by atoms with Crippen LogP contribution in [0.5, 0.6) is 0 Å². The van der Waals surface area contributed by atoms with E-state index in [2.05, 4.69) is 19.2 Å². The summed E-state index contributed by atoms with van der Waals surface area (Å²) < 4.78 is 0. The van der Waals surface area contributed by atoms with Crippen LogP contribution in [0.3, 0.4) is 0 Å². The quantitative estimate of drug-likeness (QED) is 0.701. The molecule has 0 amide bonds. The van der Waals surface area contributed by atoms with Crippen molar-refractivity contribution < 1.29 is 9.90 Å². The summed E-state index contributed by atoms with van der Waals surface area (Å²) in [6.45, 7) is 6.86. The first-order valence-corrected chi connectivity index (χ1v) is 5.54. The number of nitrogens with one attached hydrogen (secondary N) is 1. The average molecular weight is 211 g/mol. The Morgan fingerprint density at radius 2 is 2.27 bits per heavy atom. The molecule has 1 aliphatic carbocycles. The van der Waals surface area contributed by atoms with E-state index >= 15 is 0 Å². The molecule has 0 spiro atoms. The lowest BCUT2D eigenvalue weighted by atomic mass is 9.92. The average Bonchev–Trinajstić information content (AvgIpc) is 2.45. The molecular weight excluding hydrogens is 190 g/mol. The topological polar surface area (TPSA) is 49.3 Å². The fraction of sp³-hybridized carbons (Fsp3) is 0.750. The molecule has 86 valence electrons. The second-order valence-electron chi connectivity index (χ2n) is 5.20. The molecule has 1 atom stereocenters. The molecule has 0 aromatic carbocycles. The van der Waals surface area contributed by atoms with E-state index in [0.29, 0.717) is 23.6 Å². The Balaban J connectivity index is 2.28. The van der Waals surface area contributed by atoms with Gasteiger partial charge in [-0.25, -0.2) is 4.79 Å². The van der Waals surface area contributed by atoms with E-state index in [1.165, 1.54) is 19.3 Å². The summed E-state index contributed by atoms with van der Waals surface area (Å²) in [7, 11) is 0. The third-order valence-electron chi connectivity index (χ3n) is 3.12. The van der Waals surface area contributed by atoms with E-state index in [-0.39, 0.29) is 0 Å². The summed E-state index contributed by atoms with van der Waals surface area (Å²) in [6.07, 6.45) is 5.39. The molecule has 3 nitrogen and oxygen atoms in total. The second-order valence-corrected chi connectivity index (χ2v) is 5.20. The van der Waals surface area contributed by atoms with Crippen molar-refractivity contribution >= 4 is 5.97 Å². The highest BCUT2D eigenvalue weighted by Gasteiger charge is 2.30. The normalized spacial score (nSPS) is 25.5. The van der Waals surface area contributed by atoms with E-state index in [9.17, 15) is 4.79 Å². The Morgan fingerprint density at radius 3 is 2.73 bits per heavy atom. The Labute approximate surface area is 91.6 Å². The van der Waals surface area contributed by atoms with Crippen LogP contribution in [0.25, 0.3) is 0 Å². The van der Waals surface area contributed by atoms with Crippen LogP contribution in [0, 0.1) is 5.41 Å². The maximum atomic E-state index is 10.5. The molecule has 0 aliphatic heterocycles. The molecule has 0 aromatic rings. The van der Waals surface area contributed by atoms with Crippen LogP contribution in [0.4, 0.5) is 0 Å². The monoisotopic (exact) mass is 211 g/mol. The number of hydrogen-bond acceptors (Lipinski definition) is 2. The van der Waals surface area contributed by atoms with Crippen LogP contribution in [-0.2, 0) is 4.79 Å². The summed E-state index contributed by atoms with van der Waals surface area (Å²) in [5, 5.41) is 12.0. The van der Waals surface area contributed by atoms with E-state index in [1.54, 1.807) is 13.0 Å². The summed E-state index contributed by atoms with van der Waals surface area (Å²) in [5.41, 5.74) is 0.864. The standard InChI is InChI=1S/C12H21NO2/c1-9(11(14)15)5-7-13-10-4-6-12(2,3)8-10/h5,10,13H,4,6-8H2,1-3H3,(H,14,15). The molecule has 1 aliphatic rings. The maximum absolute atomic E-state index is 10.5. The molecule has 2 N–H and O–H groups in total. The van der Waals surface area contributed by atoms with Gasteiger partial charge in [0, 0.05) is 18.2 Å². The van der Waals surface area contributed by atoms with Gasteiger partial charge >= 0.3 is 5.97 Å². The summed E-state index contributed by atoms with van der Waals surface area (Å²) in [4.78, 5) is 10.5. The summed E-state index contributed by atoms with van der Waals surface area (Å²) in [5.74, 6) is -0.830. The van der Waals surface area contributed by atoms with Gasteiger partial charge in [-0.2, -0.15) is 0 Å². The van der Waals surface area contributed by atoms with Gasteiger partial charge in [0.15, 0.2) is 0 Å².